The molecule has 3 rings (SSSR count). The Morgan fingerprint density at radius 1 is 1.31 bits per heavy atom. The van der Waals surface area contributed by atoms with Gasteiger partial charge in [0.15, 0.2) is 17.3 Å². The number of ether oxygens (including phenoxy) is 2. The Kier molecular flexibility index (Phi) is 6.77. The molecule has 0 amide bonds. The molecule has 1 aromatic rings. The van der Waals surface area contributed by atoms with E-state index in [0.29, 0.717) is 59.5 Å². The van der Waals surface area contributed by atoms with E-state index in [-0.39, 0.29) is 17.5 Å². The van der Waals surface area contributed by atoms with E-state index in [2.05, 4.69) is 20.9 Å². The van der Waals surface area contributed by atoms with Gasteiger partial charge in [-0.25, -0.2) is 0 Å². The number of carbonyl (C=O) groups is 2. The Balaban J connectivity index is 2.16. The van der Waals surface area contributed by atoms with Crippen molar-refractivity contribution in [3.63, 3.8) is 0 Å². The van der Waals surface area contributed by atoms with Gasteiger partial charge in [0.1, 0.15) is 5.92 Å². The molecule has 0 saturated heterocycles. The van der Waals surface area contributed by atoms with Crippen molar-refractivity contribution in [3.05, 3.63) is 33.4 Å². The Labute approximate surface area is 179 Å². The maximum absolute atomic E-state index is 13.0. The van der Waals surface area contributed by atoms with Crippen LogP contribution in [0.1, 0.15) is 57.9 Å². The highest BCUT2D eigenvalue weighted by Gasteiger charge is 2.43. The summed E-state index contributed by atoms with van der Waals surface area (Å²) in [5, 5.41) is 10.3. The molecule has 7 heteroatoms. The molecule has 1 N–H and O–H groups in total. The zero-order valence-electron chi connectivity index (χ0n) is 17.0. The smallest absolute Gasteiger partial charge is 0.315 e. The van der Waals surface area contributed by atoms with E-state index < -0.39 is 11.8 Å². The number of carbonyl (C=O) groups excluding carboxylic acids is 2. The maximum atomic E-state index is 13.0. The lowest BCUT2D eigenvalue weighted by atomic mass is 9.71. The van der Waals surface area contributed by atoms with Crippen molar-refractivity contribution in [1.29, 1.82) is 0 Å². The van der Waals surface area contributed by atoms with Crippen molar-refractivity contribution in [1.82, 2.24) is 0 Å². The highest BCUT2D eigenvalue weighted by atomic mass is 79.9. The molecule has 1 aliphatic carbocycles. The predicted molar refractivity (Wildman–Crippen MR) is 113 cm³/mol. The fourth-order valence-corrected chi connectivity index (χ4v) is 4.46. The number of Topliss-reactive ketones (excluding diaryl/α,β-unsaturated/α-hetero) is 1. The third-order valence-electron chi connectivity index (χ3n) is 5.25. The maximum Gasteiger partial charge on any atom is 0.315 e. The average molecular weight is 464 g/mol. The Bertz CT molecular complexity index is 889. The molecule has 0 bridgehead atoms. The van der Waals surface area contributed by atoms with Gasteiger partial charge < -0.3 is 14.6 Å². The number of aromatic hydroxyl groups is 1. The van der Waals surface area contributed by atoms with E-state index in [4.69, 9.17) is 9.47 Å². The Hall–Kier alpha value is -2.15. The van der Waals surface area contributed by atoms with Crippen LogP contribution in [0.3, 0.4) is 0 Å². The number of allylic oxidation sites excluding steroid dienone is 2. The first kappa shape index (κ1) is 21.6. The van der Waals surface area contributed by atoms with Crippen LogP contribution in [0.25, 0.3) is 0 Å². The van der Waals surface area contributed by atoms with Crippen molar-refractivity contribution in [2.45, 2.75) is 52.4 Å². The number of benzene rings is 1. The number of hydrogen-bond acceptors (Lipinski definition) is 6. The van der Waals surface area contributed by atoms with Crippen LogP contribution in [0.5, 0.6) is 11.5 Å². The van der Waals surface area contributed by atoms with Crippen LogP contribution in [-0.2, 0) is 14.3 Å². The van der Waals surface area contributed by atoms with Gasteiger partial charge in [0.2, 0.25) is 0 Å². The van der Waals surface area contributed by atoms with Gasteiger partial charge in [0.05, 0.1) is 17.7 Å². The molecule has 6 nitrogen and oxygen atoms in total. The van der Waals surface area contributed by atoms with Crippen molar-refractivity contribution in [3.8, 4) is 11.5 Å². The summed E-state index contributed by atoms with van der Waals surface area (Å²) in [6, 6.07) is 3.45. The van der Waals surface area contributed by atoms with Gasteiger partial charge in [-0.05, 0) is 66.7 Å². The zero-order chi connectivity index (χ0) is 21.1. The van der Waals surface area contributed by atoms with Crippen LogP contribution in [0.2, 0.25) is 0 Å². The van der Waals surface area contributed by atoms with Gasteiger partial charge >= 0.3 is 5.97 Å². The summed E-state index contributed by atoms with van der Waals surface area (Å²) in [5.74, 6) is -1.27. The highest BCUT2D eigenvalue weighted by Crippen LogP contribution is 2.47. The van der Waals surface area contributed by atoms with Crippen LogP contribution in [0.4, 0.5) is 0 Å². The van der Waals surface area contributed by atoms with Gasteiger partial charge in [-0.15, -0.1) is 0 Å². The predicted octanol–water partition coefficient (Wildman–Crippen LogP) is 4.69. The minimum Gasteiger partial charge on any atom is -0.503 e. The first-order valence-electron chi connectivity index (χ1n) is 10.0. The van der Waals surface area contributed by atoms with Crippen LogP contribution in [0.15, 0.2) is 32.9 Å². The van der Waals surface area contributed by atoms with E-state index in [0.717, 1.165) is 12.1 Å². The second kappa shape index (κ2) is 9.11. The molecule has 0 fully saturated rings. The standard InChI is InChI=1S/C22H26BrNO5/c1-4-9-29-22(27)18-12(3)24-15-7-6-8-16(25)20(15)19(18)13-10-14(23)21(26)17(11-13)28-5-2/h10-11,18-19,26H,4-9H2,1-3H3/t18?,19-/m1/s1. The van der Waals surface area contributed by atoms with E-state index in [1.54, 1.807) is 12.1 Å². The second-order valence-corrected chi connectivity index (χ2v) is 8.15. The molecule has 1 aliphatic heterocycles. The monoisotopic (exact) mass is 463 g/mol. The first-order chi connectivity index (χ1) is 13.9. The number of halogens is 1. The van der Waals surface area contributed by atoms with Crippen LogP contribution in [0, 0.1) is 5.92 Å². The van der Waals surface area contributed by atoms with Crippen molar-refractivity contribution in [2.75, 3.05) is 13.2 Å². The zero-order valence-corrected chi connectivity index (χ0v) is 18.5. The number of phenols is 1. The molecule has 0 spiro atoms. The van der Waals surface area contributed by atoms with E-state index in [1.165, 1.54) is 0 Å². The highest BCUT2D eigenvalue weighted by molar-refractivity contribution is 9.10. The summed E-state index contributed by atoms with van der Waals surface area (Å²) in [6.45, 7) is 6.27. The molecule has 1 unspecified atom stereocenters. The summed E-state index contributed by atoms with van der Waals surface area (Å²) in [4.78, 5) is 30.5. The number of aliphatic imine (C=N–C) groups is 1. The van der Waals surface area contributed by atoms with Crippen molar-refractivity contribution >= 4 is 33.4 Å². The van der Waals surface area contributed by atoms with Gasteiger partial charge in [-0.1, -0.05) is 6.92 Å². The molecular weight excluding hydrogens is 438 g/mol. The summed E-state index contributed by atoms with van der Waals surface area (Å²) in [6.07, 6.45) is 2.63. The summed E-state index contributed by atoms with van der Waals surface area (Å²) in [7, 11) is 0. The van der Waals surface area contributed by atoms with E-state index >= 15 is 0 Å². The minimum absolute atomic E-state index is 0.00826. The summed E-state index contributed by atoms with van der Waals surface area (Å²) in [5.41, 5.74) is 2.70. The van der Waals surface area contributed by atoms with E-state index in [1.807, 2.05) is 20.8 Å². The lowest BCUT2D eigenvalue weighted by molar-refractivity contribution is -0.146. The van der Waals surface area contributed by atoms with Crippen LogP contribution in [-0.4, -0.2) is 35.8 Å². The summed E-state index contributed by atoms with van der Waals surface area (Å²) < 4.78 is 11.5. The Morgan fingerprint density at radius 3 is 2.76 bits per heavy atom. The number of rotatable bonds is 6. The number of hydrogen-bond donors (Lipinski definition) is 1. The Morgan fingerprint density at radius 2 is 2.07 bits per heavy atom. The van der Waals surface area contributed by atoms with Gasteiger partial charge in [-0.2, -0.15) is 0 Å². The lowest BCUT2D eigenvalue weighted by Gasteiger charge is -2.34. The molecule has 2 atom stereocenters. The third-order valence-corrected chi connectivity index (χ3v) is 5.85. The molecule has 156 valence electrons. The fraction of sp³-hybridized carbons (Fsp3) is 0.500. The van der Waals surface area contributed by atoms with Crippen LogP contribution >= 0.6 is 15.9 Å². The third kappa shape index (κ3) is 4.25. The molecule has 0 aromatic heterocycles. The minimum atomic E-state index is -0.687. The van der Waals surface area contributed by atoms with Gasteiger partial charge in [-0.3, -0.25) is 14.6 Å². The fourth-order valence-electron chi connectivity index (χ4n) is 4.00. The normalized spacial score (nSPS) is 21.5. The number of esters is 1. The van der Waals surface area contributed by atoms with Crippen molar-refractivity contribution in [2.24, 2.45) is 10.9 Å². The van der Waals surface area contributed by atoms with Crippen LogP contribution < -0.4 is 4.74 Å². The van der Waals surface area contributed by atoms with Gasteiger partial charge in [0, 0.05) is 29.3 Å². The molecule has 1 aromatic carbocycles. The molecule has 29 heavy (non-hydrogen) atoms. The topological polar surface area (TPSA) is 85.2 Å². The van der Waals surface area contributed by atoms with Gasteiger partial charge in [0.25, 0.3) is 0 Å². The number of nitrogens with zero attached hydrogens (tertiary/aromatic N) is 1. The number of ketones is 1. The quantitative estimate of drug-likeness (QED) is 0.618. The molecule has 0 radical (unpaired) electrons. The average Bonchev–Trinajstić information content (AvgIpc) is 2.68. The largest absolute Gasteiger partial charge is 0.503 e. The van der Waals surface area contributed by atoms with E-state index in [9.17, 15) is 14.7 Å². The van der Waals surface area contributed by atoms with Crippen molar-refractivity contribution < 1.29 is 24.2 Å². The molecule has 2 aliphatic rings. The SMILES string of the molecule is CCCOC(=O)C1C(C)=NC2=C(C(=O)CCC2)[C@@H]1c1cc(Br)c(O)c(OCC)c1. The molecular formula is C22H26BrNO5. The summed E-state index contributed by atoms with van der Waals surface area (Å²) >= 11 is 3.37. The molecule has 0 saturated carbocycles. The number of phenolic OH excluding ortho intramolecular Hbond substituents is 1. The first-order valence-corrected chi connectivity index (χ1v) is 10.8. The lowest BCUT2D eigenvalue weighted by Crippen LogP contribution is -2.37. The second-order valence-electron chi connectivity index (χ2n) is 7.30. The molecule has 1 heterocycles.